The van der Waals surface area contributed by atoms with Gasteiger partial charge in [-0.25, -0.2) is 0 Å². The van der Waals surface area contributed by atoms with E-state index < -0.39 is 12.8 Å². The molecule has 24 heavy (non-hydrogen) atoms. The average molecular weight is 320 g/mol. The molecule has 1 saturated carbocycles. The van der Waals surface area contributed by atoms with Gasteiger partial charge in [0.05, 0.1) is 0 Å². The van der Waals surface area contributed by atoms with Crippen LogP contribution in [0.3, 0.4) is 0 Å². The third kappa shape index (κ3) is 2.18. The van der Waals surface area contributed by atoms with Crippen molar-refractivity contribution in [1.29, 1.82) is 0 Å². The van der Waals surface area contributed by atoms with Crippen LogP contribution in [0.5, 0.6) is 0 Å². The maximum Gasteiger partial charge on any atom is 0.141 e. The molecule has 1 fully saturated rings. The van der Waals surface area contributed by atoms with Gasteiger partial charge in [0.15, 0.2) is 0 Å². The molecule has 2 aliphatic carbocycles. The second kappa shape index (κ2) is 5.73. The molecule has 3 heterocycles. The van der Waals surface area contributed by atoms with Gasteiger partial charge in [-0.15, -0.1) is 0 Å². The second-order valence-electron chi connectivity index (χ2n) is 6.87. The van der Waals surface area contributed by atoms with Crippen LogP contribution in [0.25, 0.3) is 22.6 Å². The predicted molar refractivity (Wildman–Crippen MR) is 97.4 cm³/mol. The van der Waals surface area contributed by atoms with Crippen molar-refractivity contribution in [3.05, 3.63) is 40.9 Å². The van der Waals surface area contributed by atoms with E-state index in [0.29, 0.717) is 11.6 Å². The number of pyridine rings is 1. The van der Waals surface area contributed by atoms with Crippen LogP contribution in [0.4, 0.5) is 0 Å². The highest BCUT2D eigenvalue weighted by molar-refractivity contribution is 6.19. The Labute approximate surface area is 144 Å². The highest BCUT2D eigenvalue weighted by Gasteiger charge is 2.23. The Morgan fingerprint density at radius 1 is 1.21 bits per heavy atom. The summed E-state index contributed by atoms with van der Waals surface area (Å²) in [5.41, 5.74) is 4.72. The lowest BCUT2D eigenvalue weighted by molar-refractivity contribution is 0.558. The highest BCUT2D eigenvalue weighted by Crippen LogP contribution is 2.36. The van der Waals surface area contributed by atoms with Crippen molar-refractivity contribution in [3.63, 3.8) is 0 Å². The molecule has 2 atom stereocenters. The van der Waals surface area contributed by atoms with E-state index in [1.807, 2.05) is 12.4 Å². The summed E-state index contributed by atoms with van der Waals surface area (Å²) in [5.74, 6) is 0.541. The van der Waals surface area contributed by atoms with Gasteiger partial charge in [0.1, 0.15) is 11.0 Å². The number of aliphatic imine (C=N–C) groups is 1. The SMILES string of the molecule is [2H]C1C=CN=C(C2=c3oc4c(C5CCCC5)cncc4c3=CCC2)C1[2H]. The summed E-state index contributed by atoms with van der Waals surface area (Å²) in [6.45, 7) is 0. The van der Waals surface area contributed by atoms with Crippen molar-refractivity contribution < 1.29 is 7.16 Å². The van der Waals surface area contributed by atoms with Gasteiger partial charge in [-0.2, -0.15) is 0 Å². The van der Waals surface area contributed by atoms with Gasteiger partial charge >= 0.3 is 0 Å². The topological polar surface area (TPSA) is 38.4 Å². The zero-order valence-corrected chi connectivity index (χ0v) is 13.7. The smallest absolute Gasteiger partial charge is 0.141 e. The Kier molecular flexibility index (Phi) is 2.92. The number of aromatic nitrogens is 1. The number of furan rings is 1. The molecule has 5 rings (SSSR count). The first-order valence-corrected chi connectivity index (χ1v) is 8.93. The minimum atomic E-state index is -0.651. The Bertz CT molecular complexity index is 1040. The summed E-state index contributed by atoms with van der Waals surface area (Å²) in [6.07, 6.45) is 14.9. The molecule has 2 aromatic heterocycles. The van der Waals surface area contributed by atoms with Gasteiger partial charge in [-0.1, -0.05) is 25.0 Å². The number of nitrogens with zero attached hydrogens (tertiary/aromatic N) is 2. The van der Waals surface area contributed by atoms with Crippen molar-refractivity contribution in [1.82, 2.24) is 4.98 Å². The summed E-state index contributed by atoms with van der Waals surface area (Å²) in [6, 6.07) is 0. The fourth-order valence-electron chi connectivity index (χ4n) is 4.26. The molecule has 0 amide bonds. The maximum absolute atomic E-state index is 8.37. The third-order valence-electron chi connectivity index (χ3n) is 5.45. The van der Waals surface area contributed by atoms with Gasteiger partial charge in [-0.3, -0.25) is 9.98 Å². The van der Waals surface area contributed by atoms with Crippen molar-refractivity contribution >= 4 is 28.3 Å². The molecule has 0 spiro atoms. The van der Waals surface area contributed by atoms with Crippen molar-refractivity contribution in [3.8, 4) is 0 Å². The van der Waals surface area contributed by atoms with Gasteiger partial charge in [0, 0.05) is 48.8 Å². The van der Waals surface area contributed by atoms with E-state index in [1.54, 1.807) is 12.3 Å². The lowest BCUT2D eigenvalue weighted by Gasteiger charge is -2.12. The fourth-order valence-corrected chi connectivity index (χ4v) is 4.26. The molecule has 3 heteroatoms. The molecular weight excluding hydrogens is 296 g/mol. The molecular formula is C21H22N2O. The van der Waals surface area contributed by atoms with Crippen LogP contribution < -0.4 is 10.6 Å². The van der Waals surface area contributed by atoms with E-state index in [4.69, 9.17) is 7.16 Å². The van der Waals surface area contributed by atoms with E-state index >= 15 is 0 Å². The molecule has 2 unspecified atom stereocenters. The molecule has 1 aliphatic heterocycles. The van der Waals surface area contributed by atoms with E-state index in [9.17, 15) is 0 Å². The van der Waals surface area contributed by atoms with Crippen LogP contribution in [0.2, 0.25) is 0 Å². The normalized spacial score (nSPS) is 28.3. The van der Waals surface area contributed by atoms with Crippen LogP contribution in [0, 0.1) is 0 Å². The van der Waals surface area contributed by atoms with Gasteiger partial charge in [0.25, 0.3) is 0 Å². The van der Waals surface area contributed by atoms with Crippen molar-refractivity contribution in [2.24, 2.45) is 4.99 Å². The van der Waals surface area contributed by atoms with Crippen LogP contribution in [-0.4, -0.2) is 10.7 Å². The number of fused-ring (bicyclic) bond motifs is 3. The van der Waals surface area contributed by atoms with Gasteiger partial charge in [-0.05, 0) is 44.4 Å². The summed E-state index contributed by atoms with van der Waals surface area (Å²) < 4.78 is 22.8. The molecule has 2 aromatic rings. The van der Waals surface area contributed by atoms with Gasteiger partial charge in [0.2, 0.25) is 0 Å². The predicted octanol–water partition coefficient (Wildman–Crippen LogP) is 3.96. The third-order valence-corrected chi connectivity index (χ3v) is 5.45. The molecule has 0 saturated heterocycles. The molecule has 0 radical (unpaired) electrons. The molecule has 0 aromatic carbocycles. The molecule has 0 N–H and O–H groups in total. The maximum atomic E-state index is 8.37. The van der Waals surface area contributed by atoms with E-state index in [1.165, 1.54) is 31.2 Å². The van der Waals surface area contributed by atoms with Gasteiger partial charge < -0.3 is 4.42 Å². The standard InChI is InChI=1S/C21H22N2O/c1-2-7-14(6-1)17-12-22-13-18-15-8-5-9-16(20(15)24-21(17)18)19-10-3-4-11-23-19/h4,8,11-14H,1-3,5-7,9-10H2/i3D,10D. The zero-order valence-electron chi connectivity index (χ0n) is 15.7. The van der Waals surface area contributed by atoms with E-state index in [-0.39, 0.29) is 0 Å². The van der Waals surface area contributed by atoms with Crippen LogP contribution in [0.1, 0.15) is 65.5 Å². The minimum absolute atomic E-state index is 0.541. The largest absolute Gasteiger partial charge is 0.455 e. The van der Waals surface area contributed by atoms with E-state index in [0.717, 1.165) is 40.0 Å². The Morgan fingerprint density at radius 2 is 2.12 bits per heavy atom. The summed E-state index contributed by atoms with van der Waals surface area (Å²) in [7, 11) is 0. The zero-order chi connectivity index (χ0) is 17.7. The lowest BCUT2D eigenvalue weighted by atomic mass is 9.95. The van der Waals surface area contributed by atoms with Crippen molar-refractivity contribution in [2.45, 2.75) is 57.2 Å². The molecule has 122 valence electrons. The Morgan fingerprint density at radius 3 is 3.04 bits per heavy atom. The van der Waals surface area contributed by atoms with E-state index in [2.05, 4.69) is 16.1 Å². The highest BCUT2D eigenvalue weighted by atomic mass is 16.3. The number of allylic oxidation sites excluding steroid dienone is 1. The Hall–Kier alpha value is -2.16. The second-order valence-corrected chi connectivity index (χ2v) is 6.87. The number of hydrogen-bond donors (Lipinski definition) is 0. The molecule has 3 aliphatic rings. The summed E-state index contributed by atoms with van der Waals surface area (Å²) >= 11 is 0. The first-order chi connectivity index (χ1) is 12.7. The monoisotopic (exact) mass is 320 g/mol. The molecule has 3 nitrogen and oxygen atoms in total. The van der Waals surface area contributed by atoms with Crippen LogP contribution in [-0.2, 0) is 0 Å². The number of rotatable bonds is 2. The quantitative estimate of drug-likeness (QED) is 0.840. The molecule has 0 bridgehead atoms. The average Bonchev–Trinajstić information content (AvgIpc) is 3.31. The minimum Gasteiger partial charge on any atom is -0.455 e. The first-order valence-electron chi connectivity index (χ1n) is 10.1. The van der Waals surface area contributed by atoms with Crippen LogP contribution in [0.15, 0.2) is 34.1 Å². The summed E-state index contributed by atoms with van der Waals surface area (Å²) in [4.78, 5) is 8.96. The van der Waals surface area contributed by atoms with Crippen molar-refractivity contribution in [2.75, 3.05) is 0 Å². The summed E-state index contributed by atoms with van der Waals surface area (Å²) in [5, 5.41) is 2.18. The van der Waals surface area contributed by atoms with Crippen LogP contribution >= 0.6 is 0 Å². The Balaban J connectivity index is 1.77. The number of hydrogen-bond acceptors (Lipinski definition) is 3. The first kappa shape index (κ1) is 12.2. The fraction of sp³-hybridized carbons (Fsp3) is 0.429. The lowest BCUT2D eigenvalue weighted by Crippen LogP contribution is -2.29.